The average Bonchev–Trinajstić information content (AvgIpc) is 3.19. The number of fused-ring (bicyclic) bond motifs is 1. The van der Waals surface area contributed by atoms with E-state index in [4.69, 9.17) is 15.2 Å². The van der Waals surface area contributed by atoms with Crippen molar-refractivity contribution in [2.45, 2.75) is 51.4 Å². The lowest BCUT2D eigenvalue weighted by molar-refractivity contribution is -0.0424. The number of anilines is 1. The Morgan fingerprint density at radius 1 is 1.38 bits per heavy atom. The standard InChI is InChI=1S/C20H31N7O5/c1-11(2)31-20(30)22-7-5-6-8-26(4)9-13-15(28)16(29)19(32-13)27-12(3)25-14-17(21)23-10-24-18(14)27/h5-6,10-11,13,15-16,19,28-29H,7-9H2,1-4H3,(H,22,30)(H2,21,23,24)/b6-5-/t13-,15-,16-,19-/m1/s1. The number of aliphatic hydroxyl groups is 2. The van der Waals surface area contributed by atoms with E-state index in [-0.39, 0.29) is 11.9 Å². The number of nitrogens with zero attached hydrogens (tertiary/aromatic N) is 5. The van der Waals surface area contributed by atoms with Crippen molar-refractivity contribution in [2.24, 2.45) is 0 Å². The predicted molar refractivity (Wildman–Crippen MR) is 117 cm³/mol. The summed E-state index contributed by atoms with van der Waals surface area (Å²) in [6.07, 6.45) is 0.665. The number of carbonyl (C=O) groups is 1. The molecule has 0 spiro atoms. The minimum atomic E-state index is -1.16. The van der Waals surface area contributed by atoms with Gasteiger partial charge in [0.05, 0.1) is 6.10 Å². The third-order valence-electron chi connectivity index (χ3n) is 5.06. The Balaban J connectivity index is 1.57. The number of likely N-dealkylation sites (N-methyl/N-ethyl adjacent to an activating group) is 1. The van der Waals surface area contributed by atoms with Gasteiger partial charge in [0.15, 0.2) is 23.2 Å². The van der Waals surface area contributed by atoms with Crippen LogP contribution in [0, 0.1) is 6.92 Å². The molecule has 12 nitrogen and oxygen atoms in total. The number of nitrogen functional groups attached to an aromatic ring is 1. The maximum Gasteiger partial charge on any atom is 0.407 e. The van der Waals surface area contributed by atoms with E-state index >= 15 is 0 Å². The van der Waals surface area contributed by atoms with E-state index in [9.17, 15) is 15.0 Å². The summed E-state index contributed by atoms with van der Waals surface area (Å²) in [7, 11) is 1.87. The normalized spacial score (nSPS) is 23.6. The van der Waals surface area contributed by atoms with Crippen LogP contribution in [-0.4, -0.2) is 91.8 Å². The molecule has 5 N–H and O–H groups in total. The highest BCUT2D eigenvalue weighted by Crippen LogP contribution is 2.33. The van der Waals surface area contributed by atoms with Gasteiger partial charge < -0.3 is 35.6 Å². The van der Waals surface area contributed by atoms with Gasteiger partial charge in [0.25, 0.3) is 0 Å². The van der Waals surface area contributed by atoms with E-state index in [2.05, 4.69) is 20.3 Å². The van der Waals surface area contributed by atoms with E-state index in [1.807, 2.05) is 24.1 Å². The molecule has 0 radical (unpaired) electrons. The number of aromatic nitrogens is 4. The van der Waals surface area contributed by atoms with Crippen molar-refractivity contribution in [1.29, 1.82) is 0 Å². The Kier molecular flexibility index (Phi) is 7.61. The number of aryl methyl sites for hydroxylation is 1. The number of aliphatic hydroxyl groups excluding tert-OH is 2. The first-order valence-electron chi connectivity index (χ1n) is 10.4. The van der Waals surface area contributed by atoms with Gasteiger partial charge in [0.2, 0.25) is 0 Å². The molecule has 2 aromatic heterocycles. The molecule has 0 bridgehead atoms. The van der Waals surface area contributed by atoms with E-state index in [0.29, 0.717) is 36.6 Å². The topological polar surface area (TPSA) is 161 Å². The van der Waals surface area contributed by atoms with Gasteiger partial charge in [-0.05, 0) is 27.8 Å². The van der Waals surface area contributed by atoms with Gasteiger partial charge in [-0.2, -0.15) is 0 Å². The number of nitrogens with two attached hydrogens (primary N) is 1. The zero-order valence-electron chi connectivity index (χ0n) is 18.7. The highest BCUT2D eigenvalue weighted by Gasteiger charge is 2.45. The number of hydrogen-bond acceptors (Lipinski definition) is 10. The molecule has 0 unspecified atom stereocenters. The molecular formula is C20H31N7O5. The predicted octanol–water partition coefficient (Wildman–Crippen LogP) is -0.0413. The second kappa shape index (κ2) is 10.2. The molecule has 3 heterocycles. The molecule has 176 valence electrons. The maximum absolute atomic E-state index is 11.4. The summed E-state index contributed by atoms with van der Waals surface area (Å²) in [5.41, 5.74) is 6.73. The summed E-state index contributed by atoms with van der Waals surface area (Å²) < 4.78 is 12.6. The lowest BCUT2D eigenvalue weighted by atomic mass is 10.1. The molecule has 32 heavy (non-hydrogen) atoms. The third kappa shape index (κ3) is 5.33. The summed E-state index contributed by atoms with van der Waals surface area (Å²) in [5, 5.41) is 23.8. The number of rotatable bonds is 8. The molecule has 2 aromatic rings. The van der Waals surface area contributed by atoms with Crippen molar-refractivity contribution >= 4 is 23.1 Å². The molecular weight excluding hydrogens is 418 g/mol. The molecule has 0 aromatic carbocycles. The second-order valence-electron chi connectivity index (χ2n) is 8.03. The van der Waals surface area contributed by atoms with E-state index in [1.54, 1.807) is 25.3 Å². The third-order valence-corrected chi connectivity index (χ3v) is 5.06. The van der Waals surface area contributed by atoms with Crippen LogP contribution in [0.25, 0.3) is 11.2 Å². The number of alkyl carbamates (subject to hydrolysis) is 1. The van der Waals surface area contributed by atoms with Crippen molar-refractivity contribution in [3.63, 3.8) is 0 Å². The fourth-order valence-corrected chi connectivity index (χ4v) is 3.55. The van der Waals surface area contributed by atoms with Crippen LogP contribution in [0.1, 0.15) is 25.9 Å². The first kappa shape index (κ1) is 23.9. The van der Waals surface area contributed by atoms with Crippen molar-refractivity contribution < 1.29 is 24.5 Å². The van der Waals surface area contributed by atoms with Gasteiger partial charge in [-0.3, -0.25) is 4.57 Å². The number of ether oxygens (including phenoxy) is 2. The SMILES string of the molecule is Cc1nc2c(N)ncnc2n1[C@@H]1O[C@H](CN(C)C/C=C\CNC(=O)OC(C)C)[C@@H](O)[C@H]1O. The maximum atomic E-state index is 11.4. The van der Waals surface area contributed by atoms with Crippen LogP contribution in [0.3, 0.4) is 0 Å². The molecule has 0 aliphatic carbocycles. The van der Waals surface area contributed by atoms with E-state index in [0.717, 1.165) is 0 Å². The average molecular weight is 450 g/mol. The fourth-order valence-electron chi connectivity index (χ4n) is 3.55. The van der Waals surface area contributed by atoms with Crippen LogP contribution >= 0.6 is 0 Å². The Morgan fingerprint density at radius 2 is 2.12 bits per heavy atom. The number of imidazole rings is 1. The Bertz CT molecular complexity index is 963. The first-order valence-corrected chi connectivity index (χ1v) is 10.4. The fraction of sp³-hybridized carbons (Fsp3) is 0.600. The minimum Gasteiger partial charge on any atom is -0.447 e. The molecule has 1 aliphatic rings. The molecule has 1 aliphatic heterocycles. The van der Waals surface area contributed by atoms with Gasteiger partial charge in [0, 0.05) is 19.6 Å². The van der Waals surface area contributed by atoms with Crippen molar-refractivity contribution in [3.05, 3.63) is 24.3 Å². The summed E-state index contributed by atoms with van der Waals surface area (Å²) in [4.78, 5) is 25.9. The smallest absolute Gasteiger partial charge is 0.407 e. The minimum absolute atomic E-state index is 0.170. The molecule has 12 heteroatoms. The molecule has 4 atom stereocenters. The van der Waals surface area contributed by atoms with Crippen LogP contribution in [0.4, 0.5) is 10.6 Å². The zero-order valence-corrected chi connectivity index (χ0v) is 18.7. The molecule has 3 rings (SSSR count). The molecule has 0 saturated carbocycles. The molecule has 1 fully saturated rings. The first-order chi connectivity index (χ1) is 15.2. The molecule has 1 saturated heterocycles. The molecule has 1 amide bonds. The lowest BCUT2D eigenvalue weighted by Crippen LogP contribution is -2.38. The van der Waals surface area contributed by atoms with Gasteiger partial charge in [0.1, 0.15) is 30.5 Å². The summed E-state index contributed by atoms with van der Waals surface area (Å²) in [5.74, 6) is 0.781. The second-order valence-corrected chi connectivity index (χ2v) is 8.03. The van der Waals surface area contributed by atoms with E-state index < -0.39 is 30.6 Å². The van der Waals surface area contributed by atoms with Crippen molar-refractivity contribution in [2.75, 3.05) is 32.4 Å². The summed E-state index contributed by atoms with van der Waals surface area (Å²) >= 11 is 0. The largest absolute Gasteiger partial charge is 0.447 e. The van der Waals surface area contributed by atoms with E-state index in [1.165, 1.54) is 6.33 Å². The van der Waals surface area contributed by atoms with Gasteiger partial charge in [-0.25, -0.2) is 19.7 Å². The highest BCUT2D eigenvalue weighted by molar-refractivity contribution is 5.81. The van der Waals surface area contributed by atoms with Gasteiger partial charge in [-0.1, -0.05) is 12.2 Å². The summed E-state index contributed by atoms with van der Waals surface area (Å²) in [6, 6.07) is 0. The van der Waals surface area contributed by atoms with Crippen LogP contribution in [0.2, 0.25) is 0 Å². The van der Waals surface area contributed by atoms with Crippen LogP contribution in [0.5, 0.6) is 0 Å². The van der Waals surface area contributed by atoms with Crippen LogP contribution < -0.4 is 11.1 Å². The lowest BCUT2D eigenvalue weighted by Gasteiger charge is -2.21. The number of carbonyl (C=O) groups excluding carboxylic acids is 1. The number of amides is 1. The van der Waals surface area contributed by atoms with Crippen molar-refractivity contribution in [1.82, 2.24) is 29.7 Å². The van der Waals surface area contributed by atoms with Crippen LogP contribution in [-0.2, 0) is 9.47 Å². The monoisotopic (exact) mass is 449 g/mol. The van der Waals surface area contributed by atoms with Crippen molar-refractivity contribution in [3.8, 4) is 0 Å². The summed E-state index contributed by atoms with van der Waals surface area (Å²) in [6.45, 7) is 6.60. The Morgan fingerprint density at radius 3 is 2.84 bits per heavy atom. The van der Waals surface area contributed by atoms with Gasteiger partial charge in [-0.15, -0.1) is 0 Å². The number of hydrogen-bond donors (Lipinski definition) is 4. The number of nitrogens with one attached hydrogen (secondary N) is 1. The van der Waals surface area contributed by atoms with Crippen LogP contribution in [0.15, 0.2) is 18.5 Å². The highest BCUT2D eigenvalue weighted by atomic mass is 16.6. The van der Waals surface area contributed by atoms with Gasteiger partial charge >= 0.3 is 6.09 Å². The Hall–Kier alpha value is -2.80. The quantitative estimate of drug-likeness (QED) is 0.402. The zero-order chi connectivity index (χ0) is 23.4. The Labute approximate surface area is 186 Å².